The van der Waals surface area contributed by atoms with Crippen molar-refractivity contribution in [3.8, 4) is 11.1 Å². The number of halogens is 1. The normalized spacial score (nSPS) is 16.6. The van der Waals surface area contributed by atoms with Gasteiger partial charge >= 0.3 is 0 Å². The maximum Gasteiger partial charge on any atom is 0.223 e. The second-order valence-corrected chi connectivity index (χ2v) is 9.08. The van der Waals surface area contributed by atoms with E-state index in [9.17, 15) is 19.1 Å². The van der Waals surface area contributed by atoms with E-state index >= 15 is 0 Å². The molecule has 0 bridgehead atoms. The SMILES string of the molecule is Cc1cc(F)cc([C@H](O)C(=O)C[C@@H](C)C(=O)N[C@@H]2CN(C)c3ccccc3-c3ccccc32)c1. The number of carbonyl (C=O) groups is 2. The topological polar surface area (TPSA) is 69.6 Å². The highest BCUT2D eigenvalue weighted by atomic mass is 19.1. The molecule has 0 saturated heterocycles. The maximum atomic E-state index is 13.7. The quantitative estimate of drug-likeness (QED) is 0.558. The average molecular weight is 461 g/mol. The van der Waals surface area contributed by atoms with Gasteiger partial charge in [-0.2, -0.15) is 0 Å². The van der Waals surface area contributed by atoms with Crippen molar-refractivity contribution in [1.82, 2.24) is 5.32 Å². The molecular weight excluding hydrogens is 431 g/mol. The van der Waals surface area contributed by atoms with Gasteiger partial charge in [0.15, 0.2) is 5.78 Å². The number of ketones is 1. The van der Waals surface area contributed by atoms with Gasteiger partial charge in [0, 0.05) is 37.2 Å². The van der Waals surface area contributed by atoms with Gasteiger partial charge in [-0.15, -0.1) is 0 Å². The molecule has 1 aliphatic rings. The standard InChI is InChI=1S/C28H29FN2O3/c1-17-12-19(15-20(29)13-17)27(33)26(32)14-18(2)28(34)30-24-16-31(3)25-11-7-6-10-23(25)21-8-4-5-9-22(21)24/h4-13,15,18,24,27,33H,14,16H2,1-3H3,(H,30,34)/t18-,24-,27+/m1/s1. The number of aliphatic hydroxyl groups excluding tert-OH is 1. The maximum absolute atomic E-state index is 13.7. The lowest BCUT2D eigenvalue weighted by molar-refractivity contribution is -0.133. The van der Waals surface area contributed by atoms with Gasteiger partial charge in [0.25, 0.3) is 0 Å². The molecule has 1 aliphatic heterocycles. The summed E-state index contributed by atoms with van der Waals surface area (Å²) in [7, 11) is 1.99. The molecule has 3 aromatic carbocycles. The van der Waals surface area contributed by atoms with Crippen LogP contribution in [0.25, 0.3) is 11.1 Å². The fraction of sp³-hybridized carbons (Fsp3) is 0.286. The molecule has 176 valence electrons. The summed E-state index contributed by atoms with van der Waals surface area (Å²) in [5.41, 5.74) is 5.09. The van der Waals surface area contributed by atoms with Crippen LogP contribution in [0.1, 0.15) is 42.2 Å². The first-order chi connectivity index (χ1) is 16.2. The lowest BCUT2D eigenvalue weighted by Gasteiger charge is -2.26. The van der Waals surface area contributed by atoms with Crippen molar-refractivity contribution in [3.05, 3.63) is 89.2 Å². The molecule has 0 fully saturated rings. The summed E-state index contributed by atoms with van der Waals surface area (Å²) in [6, 6.07) is 19.9. The van der Waals surface area contributed by atoms with Gasteiger partial charge < -0.3 is 15.3 Å². The van der Waals surface area contributed by atoms with Crippen LogP contribution in [0.2, 0.25) is 0 Å². The number of anilines is 1. The minimum absolute atomic E-state index is 0.146. The molecule has 1 heterocycles. The monoisotopic (exact) mass is 460 g/mol. The van der Waals surface area contributed by atoms with Crippen LogP contribution >= 0.6 is 0 Å². The highest BCUT2D eigenvalue weighted by Gasteiger charge is 2.29. The van der Waals surface area contributed by atoms with Crippen molar-refractivity contribution in [1.29, 1.82) is 0 Å². The van der Waals surface area contributed by atoms with Crippen LogP contribution in [0.3, 0.4) is 0 Å². The van der Waals surface area contributed by atoms with Crippen LogP contribution < -0.4 is 10.2 Å². The van der Waals surface area contributed by atoms with Crippen molar-refractivity contribution in [3.63, 3.8) is 0 Å². The van der Waals surface area contributed by atoms with Gasteiger partial charge in [0.05, 0.1) is 6.04 Å². The van der Waals surface area contributed by atoms with Crippen LogP contribution in [0.4, 0.5) is 10.1 Å². The molecule has 3 aromatic rings. The second kappa shape index (κ2) is 9.77. The molecule has 1 amide bonds. The molecule has 3 atom stereocenters. The predicted molar refractivity (Wildman–Crippen MR) is 131 cm³/mol. The number of nitrogens with one attached hydrogen (secondary N) is 1. The Bertz CT molecular complexity index is 1210. The van der Waals surface area contributed by atoms with E-state index in [4.69, 9.17) is 0 Å². The fourth-order valence-electron chi connectivity index (χ4n) is 4.60. The molecular formula is C28H29FN2O3. The number of para-hydroxylation sites is 1. The van der Waals surface area contributed by atoms with Gasteiger partial charge in [0.1, 0.15) is 11.9 Å². The number of nitrogens with zero attached hydrogens (tertiary/aromatic N) is 1. The zero-order valence-electron chi connectivity index (χ0n) is 19.6. The number of benzene rings is 3. The molecule has 34 heavy (non-hydrogen) atoms. The zero-order chi connectivity index (χ0) is 24.4. The van der Waals surface area contributed by atoms with Crippen LogP contribution in [0.5, 0.6) is 0 Å². The highest BCUT2D eigenvalue weighted by molar-refractivity contribution is 5.90. The lowest BCUT2D eigenvalue weighted by Crippen LogP contribution is -2.39. The molecule has 0 aliphatic carbocycles. The molecule has 6 heteroatoms. The van der Waals surface area contributed by atoms with E-state index in [0.717, 1.165) is 28.4 Å². The number of hydrogen-bond donors (Lipinski definition) is 2. The number of likely N-dealkylation sites (N-methyl/N-ethyl adjacent to an activating group) is 1. The minimum atomic E-state index is -1.47. The number of amides is 1. The Morgan fingerprint density at radius 1 is 1.09 bits per heavy atom. The van der Waals surface area contributed by atoms with E-state index in [-0.39, 0.29) is 23.9 Å². The van der Waals surface area contributed by atoms with Crippen LogP contribution in [0.15, 0.2) is 66.7 Å². The Morgan fingerprint density at radius 2 is 1.76 bits per heavy atom. The van der Waals surface area contributed by atoms with E-state index < -0.39 is 23.6 Å². The number of fused-ring (bicyclic) bond motifs is 3. The fourth-order valence-corrected chi connectivity index (χ4v) is 4.60. The Balaban J connectivity index is 1.49. The first-order valence-corrected chi connectivity index (χ1v) is 11.4. The third kappa shape index (κ3) is 4.87. The number of aliphatic hydroxyl groups is 1. The number of carbonyl (C=O) groups excluding carboxylic acids is 2. The Labute approximate surface area is 199 Å². The van der Waals surface area contributed by atoms with Crippen LogP contribution in [-0.2, 0) is 9.59 Å². The van der Waals surface area contributed by atoms with Crippen molar-refractivity contribution < 1.29 is 19.1 Å². The molecule has 5 nitrogen and oxygen atoms in total. The van der Waals surface area contributed by atoms with Crippen LogP contribution in [-0.4, -0.2) is 30.4 Å². The smallest absolute Gasteiger partial charge is 0.223 e. The molecule has 0 saturated carbocycles. The van der Waals surface area contributed by atoms with Crippen LogP contribution in [0, 0.1) is 18.7 Å². The van der Waals surface area contributed by atoms with E-state index in [2.05, 4.69) is 28.4 Å². The summed E-state index contributed by atoms with van der Waals surface area (Å²) < 4.78 is 13.7. The minimum Gasteiger partial charge on any atom is -0.381 e. The van der Waals surface area contributed by atoms with Gasteiger partial charge in [0.2, 0.25) is 5.91 Å². The first kappa shape index (κ1) is 23.6. The summed E-state index contributed by atoms with van der Waals surface area (Å²) in [5, 5.41) is 13.5. The Morgan fingerprint density at radius 3 is 2.50 bits per heavy atom. The molecule has 2 N–H and O–H groups in total. The van der Waals surface area contributed by atoms with E-state index in [1.54, 1.807) is 19.9 Å². The predicted octanol–water partition coefficient (Wildman–Crippen LogP) is 4.74. The number of rotatable bonds is 6. The molecule has 0 aromatic heterocycles. The van der Waals surface area contributed by atoms with Gasteiger partial charge in [-0.3, -0.25) is 9.59 Å². The zero-order valence-corrected chi connectivity index (χ0v) is 19.6. The number of aryl methyl sites for hydroxylation is 1. The van der Waals surface area contributed by atoms with E-state index in [0.29, 0.717) is 12.1 Å². The summed E-state index contributed by atoms with van der Waals surface area (Å²) in [5.74, 6) is -1.95. The number of Topliss-reactive ketones (excluding diaryl/α,β-unsaturated/α-hetero) is 1. The third-order valence-corrected chi connectivity index (χ3v) is 6.35. The summed E-state index contributed by atoms with van der Waals surface area (Å²) in [4.78, 5) is 27.9. The molecule has 0 unspecified atom stereocenters. The molecule has 0 radical (unpaired) electrons. The first-order valence-electron chi connectivity index (χ1n) is 11.4. The number of hydrogen-bond acceptors (Lipinski definition) is 4. The van der Waals surface area contributed by atoms with E-state index in [1.807, 2.05) is 37.4 Å². The van der Waals surface area contributed by atoms with Gasteiger partial charge in [-0.1, -0.05) is 55.5 Å². The highest BCUT2D eigenvalue weighted by Crippen LogP contribution is 2.38. The summed E-state index contributed by atoms with van der Waals surface area (Å²) in [6.45, 7) is 3.93. The lowest BCUT2D eigenvalue weighted by atomic mass is 9.94. The second-order valence-electron chi connectivity index (χ2n) is 9.08. The largest absolute Gasteiger partial charge is 0.381 e. The van der Waals surface area contributed by atoms with Crippen molar-refractivity contribution >= 4 is 17.4 Å². The van der Waals surface area contributed by atoms with Gasteiger partial charge in [-0.25, -0.2) is 4.39 Å². The Hall–Kier alpha value is -3.51. The average Bonchev–Trinajstić information content (AvgIpc) is 2.93. The Kier molecular flexibility index (Phi) is 6.80. The molecule has 0 spiro atoms. The summed E-state index contributed by atoms with van der Waals surface area (Å²) in [6.07, 6.45) is -1.61. The van der Waals surface area contributed by atoms with Crippen molar-refractivity contribution in [2.24, 2.45) is 5.92 Å². The third-order valence-electron chi connectivity index (χ3n) is 6.35. The summed E-state index contributed by atoms with van der Waals surface area (Å²) >= 11 is 0. The van der Waals surface area contributed by atoms with Crippen molar-refractivity contribution in [2.75, 3.05) is 18.5 Å². The van der Waals surface area contributed by atoms with Crippen molar-refractivity contribution in [2.45, 2.75) is 32.4 Å². The van der Waals surface area contributed by atoms with E-state index in [1.165, 1.54) is 6.07 Å². The van der Waals surface area contributed by atoms with Gasteiger partial charge in [-0.05, 0) is 47.4 Å². The molecule has 4 rings (SSSR count).